The Morgan fingerprint density at radius 3 is 0.750 bits per heavy atom. The average Bonchev–Trinajstić information content (AvgIpc) is 2.35. The zero-order valence-electron chi connectivity index (χ0n) is 11.9. The van der Waals surface area contributed by atoms with E-state index in [4.69, 9.17) is 9.47 Å². The molecule has 1 saturated carbocycles. The summed E-state index contributed by atoms with van der Waals surface area (Å²) in [4.78, 5) is 0. The van der Waals surface area contributed by atoms with E-state index in [2.05, 4.69) is 0 Å². The van der Waals surface area contributed by atoms with Gasteiger partial charge < -0.3 is 9.47 Å². The van der Waals surface area contributed by atoms with E-state index < -0.39 is 0 Å². The minimum atomic E-state index is 0.844. The van der Waals surface area contributed by atoms with E-state index in [1.54, 1.807) is 0 Å². The predicted octanol–water partition coefficient (Wildman–Crippen LogP) is 4.43. The predicted molar refractivity (Wildman–Crippen MR) is 72.0 cm³/mol. The Hall–Kier alpha value is -0.0800. The average molecular weight is 232 g/mol. The van der Waals surface area contributed by atoms with Crippen LogP contribution in [0.25, 0.3) is 0 Å². The molecular formula is C14H32O2. The SMILES string of the molecule is C1CCCCC1.CCOCC.CCOCC. The van der Waals surface area contributed by atoms with Gasteiger partial charge in [-0.3, -0.25) is 0 Å². The van der Waals surface area contributed by atoms with E-state index in [9.17, 15) is 0 Å². The van der Waals surface area contributed by atoms with Crippen LogP contribution in [0.3, 0.4) is 0 Å². The molecule has 1 rings (SSSR count). The molecule has 1 aliphatic rings. The summed E-state index contributed by atoms with van der Waals surface area (Å²) in [6.45, 7) is 11.3. The molecule has 1 fully saturated rings. The minimum Gasteiger partial charge on any atom is -0.382 e. The number of hydrogen-bond acceptors (Lipinski definition) is 2. The lowest BCUT2D eigenvalue weighted by atomic mass is 10.0. The second-order valence-electron chi connectivity index (χ2n) is 3.68. The third kappa shape index (κ3) is 23.6. The van der Waals surface area contributed by atoms with Crippen molar-refractivity contribution in [1.82, 2.24) is 0 Å². The molecule has 0 atom stereocenters. The molecule has 0 N–H and O–H groups in total. The van der Waals surface area contributed by atoms with Crippen LogP contribution in [-0.4, -0.2) is 26.4 Å². The quantitative estimate of drug-likeness (QED) is 0.714. The monoisotopic (exact) mass is 232 g/mol. The summed E-state index contributed by atoms with van der Waals surface area (Å²) in [7, 11) is 0. The van der Waals surface area contributed by atoms with Gasteiger partial charge in [-0.2, -0.15) is 0 Å². The summed E-state index contributed by atoms with van der Waals surface area (Å²) in [6, 6.07) is 0. The van der Waals surface area contributed by atoms with E-state index in [0.29, 0.717) is 0 Å². The number of ether oxygens (including phenoxy) is 2. The van der Waals surface area contributed by atoms with Gasteiger partial charge in [-0.25, -0.2) is 0 Å². The maximum absolute atomic E-state index is 4.83. The highest BCUT2D eigenvalue weighted by Crippen LogP contribution is 2.15. The summed E-state index contributed by atoms with van der Waals surface area (Å²) in [6.07, 6.45) is 9.00. The van der Waals surface area contributed by atoms with Crippen molar-refractivity contribution in [3.63, 3.8) is 0 Å². The Labute approximate surface area is 103 Å². The maximum atomic E-state index is 4.83. The van der Waals surface area contributed by atoms with Crippen molar-refractivity contribution >= 4 is 0 Å². The maximum Gasteiger partial charge on any atom is 0.0437 e. The third-order valence-electron chi connectivity index (χ3n) is 2.32. The van der Waals surface area contributed by atoms with Crippen LogP contribution in [-0.2, 0) is 9.47 Å². The molecule has 2 nitrogen and oxygen atoms in total. The first-order valence-corrected chi connectivity index (χ1v) is 6.98. The van der Waals surface area contributed by atoms with E-state index in [1.165, 1.54) is 38.5 Å². The van der Waals surface area contributed by atoms with Gasteiger partial charge in [-0.1, -0.05) is 38.5 Å². The van der Waals surface area contributed by atoms with E-state index in [-0.39, 0.29) is 0 Å². The van der Waals surface area contributed by atoms with Crippen molar-refractivity contribution in [2.24, 2.45) is 0 Å². The van der Waals surface area contributed by atoms with Crippen molar-refractivity contribution in [1.29, 1.82) is 0 Å². The molecule has 0 aromatic rings. The van der Waals surface area contributed by atoms with Crippen molar-refractivity contribution in [3.8, 4) is 0 Å². The standard InChI is InChI=1S/C6H12.2C4H10O/c1-2-4-6-5-3-1;2*1-3-5-4-2/h1-6H2;2*3-4H2,1-2H3. The molecule has 1 aliphatic carbocycles. The highest BCUT2D eigenvalue weighted by molar-refractivity contribution is 4.51. The van der Waals surface area contributed by atoms with Gasteiger partial charge in [0, 0.05) is 26.4 Å². The first-order valence-electron chi connectivity index (χ1n) is 6.98. The van der Waals surface area contributed by atoms with Crippen LogP contribution in [0.15, 0.2) is 0 Å². The van der Waals surface area contributed by atoms with Gasteiger partial charge in [0.1, 0.15) is 0 Å². The van der Waals surface area contributed by atoms with Gasteiger partial charge in [0.25, 0.3) is 0 Å². The Balaban J connectivity index is 0. The lowest BCUT2D eigenvalue weighted by Crippen LogP contribution is -1.85. The summed E-state index contributed by atoms with van der Waals surface area (Å²) >= 11 is 0. The highest BCUT2D eigenvalue weighted by Gasteiger charge is 1.95. The van der Waals surface area contributed by atoms with Crippen molar-refractivity contribution in [3.05, 3.63) is 0 Å². The van der Waals surface area contributed by atoms with E-state index in [0.717, 1.165) is 26.4 Å². The fraction of sp³-hybridized carbons (Fsp3) is 1.00. The molecule has 100 valence electrons. The molecule has 0 spiro atoms. The van der Waals surface area contributed by atoms with Gasteiger partial charge >= 0.3 is 0 Å². The van der Waals surface area contributed by atoms with Crippen LogP contribution in [0, 0.1) is 0 Å². The molecule has 0 saturated heterocycles. The smallest absolute Gasteiger partial charge is 0.0437 e. The van der Waals surface area contributed by atoms with Crippen LogP contribution >= 0.6 is 0 Å². The first-order chi connectivity index (χ1) is 7.83. The second-order valence-corrected chi connectivity index (χ2v) is 3.68. The van der Waals surface area contributed by atoms with Crippen LogP contribution in [0.5, 0.6) is 0 Å². The van der Waals surface area contributed by atoms with Crippen LogP contribution < -0.4 is 0 Å². The second kappa shape index (κ2) is 20.3. The molecule has 0 aliphatic heterocycles. The molecule has 2 heteroatoms. The molecule has 16 heavy (non-hydrogen) atoms. The van der Waals surface area contributed by atoms with E-state index in [1.807, 2.05) is 27.7 Å². The van der Waals surface area contributed by atoms with Crippen molar-refractivity contribution in [2.45, 2.75) is 66.2 Å². The summed E-state index contributed by atoms with van der Waals surface area (Å²) < 4.78 is 9.67. The third-order valence-corrected chi connectivity index (χ3v) is 2.32. The van der Waals surface area contributed by atoms with Crippen LogP contribution in [0.1, 0.15) is 66.2 Å². The summed E-state index contributed by atoms with van der Waals surface area (Å²) in [5, 5.41) is 0. The van der Waals surface area contributed by atoms with Gasteiger partial charge in [-0.15, -0.1) is 0 Å². The molecule has 0 aromatic heterocycles. The summed E-state index contributed by atoms with van der Waals surface area (Å²) in [5.74, 6) is 0. The molecule has 0 amide bonds. The van der Waals surface area contributed by atoms with E-state index >= 15 is 0 Å². The lowest BCUT2D eigenvalue weighted by Gasteiger charge is -2.05. The van der Waals surface area contributed by atoms with Gasteiger partial charge in [-0.05, 0) is 27.7 Å². The molecule has 0 heterocycles. The number of rotatable bonds is 4. The Morgan fingerprint density at radius 1 is 0.500 bits per heavy atom. The fourth-order valence-electron chi connectivity index (χ4n) is 1.47. The molecule has 0 radical (unpaired) electrons. The van der Waals surface area contributed by atoms with Gasteiger partial charge in [0.05, 0.1) is 0 Å². The Kier molecular flexibility index (Phi) is 23.3. The van der Waals surface area contributed by atoms with Crippen molar-refractivity contribution < 1.29 is 9.47 Å². The zero-order chi connectivity index (χ0) is 12.5. The Morgan fingerprint density at radius 2 is 0.688 bits per heavy atom. The molecule has 0 bridgehead atoms. The lowest BCUT2D eigenvalue weighted by molar-refractivity contribution is 0.162. The number of hydrogen-bond donors (Lipinski definition) is 0. The van der Waals surface area contributed by atoms with Crippen LogP contribution in [0.4, 0.5) is 0 Å². The minimum absolute atomic E-state index is 0.844. The largest absolute Gasteiger partial charge is 0.382 e. The normalized spacial score (nSPS) is 14.2. The fourth-order valence-corrected chi connectivity index (χ4v) is 1.47. The zero-order valence-corrected chi connectivity index (χ0v) is 11.9. The van der Waals surface area contributed by atoms with Gasteiger partial charge in [0.15, 0.2) is 0 Å². The van der Waals surface area contributed by atoms with Crippen LogP contribution in [0.2, 0.25) is 0 Å². The highest BCUT2D eigenvalue weighted by atomic mass is 16.5. The molecule has 0 aromatic carbocycles. The van der Waals surface area contributed by atoms with Gasteiger partial charge in [0.2, 0.25) is 0 Å². The summed E-state index contributed by atoms with van der Waals surface area (Å²) in [5.41, 5.74) is 0. The molecule has 0 unspecified atom stereocenters. The first kappa shape index (κ1) is 18.3. The van der Waals surface area contributed by atoms with Crippen molar-refractivity contribution in [2.75, 3.05) is 26.4 Å². The Bertz CT molecular complexity index is 69.2. The topological polar surface area (TPSA) is 18.5 Å². The molecular weight excluding hydrogens is 200 g/mol.